The standard InChI is InChI=1S/C19H22N2O2/c1-14-10-15(2)12-17(11-14)19(23)21(9-8-18(20)22)13-16-6-4-3-5-7-16/h3-7,10-12H,8-9,13H2,1-2H3,(H2,20,22). The van der Waals surface area contributed by atoms with E-state index in [0.717, 1.165) is 16.7 Å². The number of rotatable bonds is 6. The van der Waals surface area contributed by atoms with Crippen molar-refractivity contribution in [3.63, 3.8) is 0 Å². The lowest BCUT2D eigenvalue weighted by atomic mass is 10.1. The zero-order valence-electron chi connectivity index (χ0n) is 13.6. The average Bonchev–Trinajstić information content (AvgIpc) is 2.50. The van der Waals surface area contributed by atoms with Crippen molar-refractivity contribution in [2.24, 2.45) is 5.73 Å². The van der Waals surface area contributed by atoms with E-state index in [2.05, 4.69) is 0 Å². The Morgan fingerprint density at radius 1 is 1.00 bits per heavy atom. The number of hydrogen-bond acceptors (Lipinski definition) is 2. The molecule has 4 nitrogen and oxygen atoms in total. The molecule has 4 heteroatoms. The summed E-state index contributed by atoms with van der Waals surface area (Å²) < 4.78 is 0. The Morgan fingerprint density at radius 3 is 2.17 bits per heavy atom. The van der Waals surface area contributed by atoms with Crippen LogP contribution in [0.4, 0.5) is 0 Å². The minimum atomic E-state index is -0.406. The van der Waals surface area contributed by atoms with E-state index in [1.807, 2.05) is 62.4 Å². The van der Waals surface area contributed by atoms with Gasteiger partial charge in [-0.1, -0.05) is 47.5 Å². The first-order valence-corrected chi connectivity index (χ1v) is 7.65. The van der Waals surface area contributed by atoms with Gasteiger partial charge >= 0.3 is 0 Å². The molecule has 0 aliphatic carbocycles. The van der Waals surface area contributed by atoms with Crippen LogP contribution in [0.5, 0.6) is 0 Å². The predicted octanol–water partition coefficient (Wildman–Crippen LogP) is 2.82. The Morgan fingerprint density at radius 2 is 1.61 bits per heavy atom. The molecule has 2 aromatic rings. The molecule has 23 heavy (non-hydrogen) atoms. The maximum absolute atomic E-state index is 12.8. The Balaban J connectivity index is 2.24. The van der Waals surface area contributed by atoms with E-state index in [0.29, 0.717) is 18.7 Å². The van der Waals surface area contributed by atoms with E-state index < -0.39 is 5.91 Å². The van der Waals surface area contributed by atoms with Gasteiger partial charge in [0.1, 0.15) is 0 Å². The zero-order valence-corrected chi connectivity index (χ0v) is 13.6. The molecule has 0 fully saturated rings. The molecular formula is C19H22N2O2. The Kier molecular flexibility index (Phi) is 5.52. The monoisotopic (exact) mass is 310 g/mol. The number of benzene rings is 2. The van der Waals surface area contributed by atoms with Gasteiger partial charge in [0.15, 0.2) is 0 Å². The van der Waals surface area contributed by atoms with Gasteiger partial charge in [0.25, 0.3) is 5.91 Å². The second kappa shape index (κ2) is 7.58. The molecule has 0 unspecified atom stereocenters. The van der Waals surface area contributed by atoms with Gasteiger partial charge in [0.2, 0.25) is 5.91 Å². The van der Waals surface area contributed by atoms with Gasteiger partial charge in [0, 0.05) is 25.1 Å². The first-order chi connectivity index (χ1) is 11.0. The van der Waals surface area contributed by atoms with Crippen LogP contribution in [0.1, 0.15) is 33.5 Å². The number of amides is 2. The van der Waals surface area contributed by atoms with E-state index in [4.69, 9.17) is 5.73 Å². The highest BCUT2D eigenvalue weighted by Crippen LogP contribution is 2.14. The van der Waals surface area contributed by atoms with Gasteiger partial charge in [-0.15, -0.1) is 0 Å². The van der Waals surface area contributed by atoms with E-state index in [1.54, 1.807) is 4.90 Å². The minimum absolute atomic E-state index is 0.0816. The minimum Gasteiger partial charge on any atom is -0.370 e. The second-order valence-corrected chi connectivity index (χ2v) is 5.81. The van der Waals surface area contributed by atoms with Crippen LogP contribution < -0.4 is 5.73 Å². The van der Waals surface area contributed by atoms with E-state index in [-0.39, 0.29) is 12.3 Å². The van der Waals surface area contributed by atoms with Gasteiger partial charge in [-0.25, -0.2) is 0 Å². The number of carbonyl (C=O) groups is 2. The molecule has 0 aliphatic heterocycles. The van der Waals surface area contributed by atoms with Gasteiger partial charge < -0.3 is 10.6 Å². The molecule has 0 atom stereocenters. The van der Waals surface area contributed by atoms with Crippen molar-refractivity contribution in [1.82, 2.24) is 4.90 Å². The molecule has 0 saturated heterocycles. The predicted molar refractivity (Wildman–Crippen MR) is 90.9 cm³/mol. The maximum Gasteiger partial charge on any atom is 0.254 e. The van der Waals surface area contributed by atoms with Crippen LogP contribution in [0, 0.1) is 13.8 Å². The summed E-state index contributed by atoms with van der Waals surface area (Å²) in [6, 6.07) is 15.5. The number of nitrogens with zero attached hydrogens (tertiary/aromatic N) is 1. The van der Waals surface area contributed by atoms with Crippen molar-refractivity contribution < 1.29 is 9.59 Å². The van der Waals surface area contributed by atoms with Crippen molar-refractivity contribution in [3.05, 3.63) is 70.8 Å². The molecule has 120 valence electrons. The molecule has 2 rings (SSSR count). The third kappa shape index (κ3) is 4.95. The topological polar surface area (TPSA) is 63.4 Å². The van der Waals surface area contributed by atoms with Crippen molar-refractivity contribution >= 4 is 11.8 Å². The van der Waals surface area contributed by atoms with Crippen LogP contribution in [-0.4, -0.2) is 23.3 Å². The van der Waals surface area contributed by atoms with E-state index in [1.165, 1.54) is 0 Å². The third-order valence-corrected chi connectivity index (χ3v) is 3.60. The molecule has 2 amide bonds. The fourth-order valence-electron chi connectivity index (χ4n) is 2.58. The van der Waals surface area contributed by atoms with Crippen molar-refractivity contribution in [1.29, 1.82) is 0 Å². The molecule has 0 radical (unpaired) electrons. The van der Waals surface area contributed by atoms with E-state index >= 15 is 0 Å². The van der Waals surface area contributed by atoms with Crippen LogP contribution in [-0.2, 0) is 11.3 Å². The molecule has 0 heterocycles. The highest BCUT2D eigenvalue weighted by Gasteiger charge is 2.17. The van der Waals surface area contributed by atoms with Crippen molar-refractivity contribution in [3.8, 4) is 0 Å². The summed E-state index contributed by atoms with van der Waals surface area (Å²) in [5.41, 5.74) is 9.00. The summed E-state index contributed by atoms with van der Waals surface area (Å²) in [7, 11) is 0. The number of carbonyl (C=O) groups excluding carboxylic acids is 2. The maximum atomic E-state index is 12.8. The van der Waals surface area contributed by atoms with Gasteiger partial charge in [-0.05, 0) is 31.5 Å². The largest absolute Gasteiger partial charge is 0.370 e. The lowest BCUT2D eigenvalue weighted by molar-refractivity contribution is -0.118. The second-order valence-electron chi connectivity index (χ2n) is 5.81. The molecular weight excluding hydrogens is 288 g/mol. The first kappa shape index (κ1) is 16.7. The van der Waals surface area contributed by atoms with Crippen LogP contribution >= 0.6 is 0 Å². The normalized spacial score (nSPS) is 10.3. The van der Waals surface area contributed by atoms with Crippen molar-refractivity contribution in [2.45, 2.75) is 26.8 Å². The van der Waals surface area contributed by atoms with Crippen LogP contribution in [0.15, 0.2) is 48.5 Å². The Hall–Kier alpha value is -2.62. The lowest BCUT2D eigenvalue weighted by Crippen LogP contribution is -2.33. The highest BCUT2D eigenvalue weighted by atomic mass is 16.2. The summed E-state index contributed by atoms with van der Waals surface area (Å²) in [5.74, 6) is -0.488. The lowest BCUT2D eigenvalue weighted by Gasteiger charge is -2.23. The van der Waals surface area contributed by atoms with Crippen LogP contribution in [0.2, 0.25) is 0 Å². The molecule has 2 N–H and O–H groups in total. The first-order valence-electron chi connectivity index (χ1n) is 7.65. The summed E-state index contributed by atoms with van der Waals surface area (Å²) in [4.78, 5) is 25.6. The summed E-state index contributed by atoms with van der Waals surface area (Å²) in [6.07, 6.45) is 0.156. The molecule has 0 spiro atoms. The fourth-order valence-corrected chi connectivity index (χ4v) is 2.58. The quantitative estimate of drug-likeness (QED) is 0.891. The Labute approximate surface area is 136 Å². The smallest absolute Gasteiger partial charge is 0.254 e. The Bertz CT molecular complexity index is 676. The summed E-state index contributed by atoms with van der Waals surface area (Å²) in [5, 5.41) is 0. The molecule has 0 saturated carbocycles. The van der Waals surface area contributed by atoms with Crippen LogP contribution in [0.3, 0.4) is 0 Å². The summed E-state index contributed by atoms with van der Waals surface area (Å²) >= 11 is 0. The summed E-state index contributed by atoms with van der Waals surface area (Å²) in [6.45, 7) is 4.71. The van der Waals surface area contributed by atoms with E-state index in [9.17, 15) is 9.59 Å². The number of primary amides is 1. The average molecular weight is 310 g/mol. The third-order valence-electron chi connectivity index (χ3n) is 3.60. The van der Waals surface area contributed by atoms with Crippen molar-refractivity contribution in [2.75, 3.05) is 6.54 Å². The molecule has 2 aromatic carbocycles. The fraction of sp³-hybridized carbons (Fsp3) is 0.263. The van der Waals surface area contributed by atoms with Gasteiger partial charge in [0.05, 0.1) is 0 Å². The number of hydrogen-bond donors (Lipinski definition) is 1. The number of nitrogens with two attached hydrogens (primary N) is 1. The zero-order chi connectivity index (χ0) is 16.8. The van der Waals surface area contributed by atoms with Gasteiger partial charge in [-0.2, -0.15) is 0 Å². The molecule has 0 aromatic heterocycles. The van der Waals surface area contributed by atoms with Gasteiger partial charge in [-0.3, -0.25) is 9.59 Å². The number of aryl methyl sites for hydroxylation is 2. The molecule has 0 bridgehead atoms. The van der Waals surface area contributed by atoms with Crippen LogP contribution in [0.25, 0.3) is 0 Å². The molecule has 0 aliphatic rings. The highest BCUT2D eigenvalue weighted by molar-refractivity contribution is 5.94. The SMILES string of the molecule is Cc1cc(C)cc(C(=O)N(CCC(N)=O)Cc2ccccc2)c1.